The lowest BCUT2D eigenvalue weighted by Gasteiger charge is -2.34. The minimum absolute atomic E-state index is 0. The molecule has 1 heterocycles. The van der Waals surface area contributed by atoms with E-state index in [0.29, 0.717) is 16.8 Å². The molecule has 0 spiro atoms. The minimum Gasteiger partial charge on any atom is -1.00 e. The number of para-hydroxylation sites is 1. The molecular weight excluding hydrogens is 347 g/mol. The first-order valence-corrected chi connectivity index (χ1v) is 9.10. The molecule has 2 atom stereocenters. The van der Waals surface area contributed by atoms with Gasteiger partial charge in [0.2, 0.25) is 0 Å². The molecule has 1 aromatic rings. The summed E-state index contributed by atoms with van der Waals surface area (Å²) in [5.74, 6) is 0. The highest BCUT2D eigenvalue weighted by Gasteiger charge is 2.37. The summed E-state index contributed by atoms with van der Waals surface area (Å²) in [5.41, 5.74) is 1.60. The number of aryl methyl sites for hydroxylation is 1. The molecule has 2 N–H and O–H groups in total. The van der Waals surface area contributed by atoms with Gasteiger partial charge in [-0.05, 0) is 37.8 Å². The SMILES string of the molecule is Cc1cccc(Cl)c1NC(=O)OC1CCCCC1[NH+]1CCCC1.[Cl-]. The third kappa shape index (κ3) is 4.56. The molecule has 1 saturated heterocycles. The summed E-state index contributed by atoms with van der Waals surface area (Å²) in [5, 5.41) is 3.38. The third-order valence-electron chi connectivity index (χ3n) is 5.18. The van der Waals surface area contributed by atoms with E-state index in [-0.39, 0.29) is 24.6 Å². The van der Waals surface area contributed by atoms with Crippen molar-refractivity contribution in [3.05, 3.63) is 28.8 Å². The Morgan fingerprint density at radius 1 is 1.21 bits per heavy atom. The van der Waals surface area contributed by atoms with Gasteiger partial charge in [-0.25, -0.2) is 4.79 Å². The lowest BCUT2D eigenvalue weighted by Crippen LogP contribution is -3.15. The molecular formula is C18H26Cl2N2O2. The molecule has 2 aliphatic rings. The Morgan fingerprint density at radius 3 is 2.62 bits per heavy atom. The number of carbonyl (C=O) groups is 1. The van der Waals surface area contributed by atoms with Gasteiger partial charge >= 0.3 is 6.09 Å². The summed E-state index contributed by atoms with van der Waals surface area (Å²) in [6, 6.07) is 6.05. The highest BCUT2D eigenvalue weighted by Crippen LogP contribution is 2.26. The zero-order valence-corrected chi connectivity index (χ0v) is 15.6. The fourth-order valence-electron chi connectivity index (χ4n) is 3.96. The molecule has 6 heteroatoms. The van der Waals surface area contributed by atoms with Gasteiger partial charge in [-0.3, -0.25) is 5.32 Å². The molecule has 0 bridgehead atoms. The summed E-state index contributed by atoms with van der Waals surface area (Å²) in [4.78, 5) is 14.0. The molecule has 24 heavy (non-hydrogen) atoms. The molecule has 1 aliphatic heterocycles. The predicted octanol–water partition coefficient (Wildman–Crippen LogP) is 0.191. The van der Waals surface area contributed by atoms with Gasteiger partial charge in [-0.15, -0.1) is 0 Å². The maximum absolute atomic E-state index is 12.3. The molecule has 2 fully saturated rings. The van der Waals surface area contributed by atoms with Gasteiger partial charge in [0.25, 0.3) is 0 Å². The minimum atomic E-state index is -0.378. The number of halogens is 2. The topological polar surface area (TPSA) is 42.8 Å². The van der Waals surface area contributed by atoms with Crippen molar-refractivity contribution in [1.82, 2.24) is 0 Å². The molecule has 4 nitrogen and oxygen atoms in total. The zero-order chi connectivity index (χ0) is 16.2. The quantitative estimate of drug-likeness (QED) is 0.795. The van der Waals surface area contributed by atoms with Gasteiger partial charge in [0.1, 0.15) is 6.04 Å². The molecule has 1 aromatic carbocycles. The summed E-state index contributed by atoms with van der Waals surface area (Å²) in [6.07, 6.45) is 6.78. The predicted molar refractivity (Wildman–Crippen MR) is 92.3 cm³/mol. The molecule has 0 radical (unpaired) electrons. The number of likely N-dealkylation sites (tertiary alicyclic amines) is 1. The van der Waals surface area contributed by atoms with Crippen molar-refractivity contribution in [2.24, 2.45) is 0 Å². The summed E-state index contributed by atoms with van der Waals surface area (Å²) >= 11 is 6.17. The number of rotatable bonds is 3. The van der Waals surface area contributed by atoms with Gasteiger partial charge < -0.3 is 22.0 Å². The summed E-state index contributed by atoms with van der Waals surface area (Å²) in [6.45, 7) is 4.37. The molecule has 1 saturated carbocycles. The van der Waals surface area contributed by atoms with Crippen LogP contribution >= 0.6 is 11.6 Å². The number of carbonyl (C=O) groups excluding carboxylic acids is 1. The van der Waals surface area contributed by atoms with E-state index < -0.39 is 0 Å². The second-order valence-electron chi connectivity index (χ2n) is 6.76. The van der Waals surface area contributed by atoms with E-state index >= 15 is 0 Å². The van der Waals surface area contributed by atoms with Crippen LogP contribution < -0.4 is 22.6 Å². The van der Waals surface area contributed by atoms with Crippen molar-refractivity contribution in [2.45, 2.75) is 57.6 Å². The zero-order valence-electron chi connectivity index (χ0n) is 14.1. The third-order valence-corrected chi connectivity index (χ3v) is 5.50. The van der Waals surface area contributed by atoms with E-state index in [4.69, 9.17) is 16.3 Å². The number of nitrogens with one attached hydrogen (secondary N) is 2. The highest BCUT2D eigenvalue weighted by molar-refractivity contribution is 6.33. The van der Waals surface area contributed by atoms with E-state index in [0.717, 1.165) is 18.4 Å². The van der Waals surface area contributed by atoms with E-state index in [1.807, 2.05) is 19.1 Å². The highest BCUT2D eigenvalue weighted by atomic mass is 35.5. The Bertz CT molecular complexity index is 542. The second-order valence-corrected chi connectivity index (χ2v) is 7.16. The molecule has 2 unspecified atom stereocenters. The fourth-order valence-corrected chi connectivity index (χ4v) is 4.23. The Labute approximate surface area is 155 Å². The Hall–Kier alpha value is -0.970. The number of ether oxygens (including phenoxy) is 1. The van der Waals surface area contributed by atoms with Gasteiger partial charge in [0.05, 0.1) is 23.8 Å². The van der Waals surface area contributed by atoms with Crippen LogP contribution in [0.1, 0.15) is 44.1 Å². The lowest BCUT2D eigenvalue weighted by atomic mass is 9.91. The average molecular weight is 373 g/mol. The summed E-state index contributed by atoms with van der Waals surface area (Å²) in [7, 11) is 0. The van der Waals surface area contributed by atoms with Gasteiger partial charge in [0, 0.05) is 19.3 Å². The number of amides is 1. The Kier molecular flexibility index (Phi) is 7.20. The van der Waals surface area contributed by atoms with E-state index in [1.165, 1.54) is 38.8 Å². The van der Waals surface area contributed by atoms with Crippen molar-refractivity contribution < 1.29 is 26.8 Å². The van der Waals surface area contributed by atoms with Crippen LogP contribution in [0.25, 0.3) is 0 Å². The molecule has 0 aromatic heterocycles. The number of anilines is 1. The van der Waals surface area contributed by atoms with Crippen LogP contribution in [0, 0.1) is 6.92 Å². The smallest absolute Gasteiger partial charge is 0.412 e. The van der Waals surface area contributed by atoms with Crippen molar-refractivity contribution >= 4 is 23.4 Å². The number of hydrogen-bond acceptors (Lipinski definition) is 2. The van der Waals surface area contributed by atoms with Gasteiger partial charge in [0.15, 0.2) is 6.10 Å². The standard InChI is InChI=1S/C18H25ClN2O2.ClH/c1-13-7-6-8-14(19)17(13)20-18(22)23-16-10-3-2-9-15(16)21-11-4-5-12-21;/h6-8,15-16H,2-5,9-12H2,1H3,(H,20,22);1H. The maximum Gasteiger partial charge on any atom is 0.412 e. The average Bonchev–Trinajstić information content (AvgIpc) is 3.06. The molecule has 134 valence electrons. The van der Waals surface area contributed by atoms with Crippen molar-refractivity contribution in [3.8, 4) is 0 Å². The van der Waals surface area contributed by atoms with Crippen LogP contribution in [0.3, 0.4) is 0 Å². The lowest BCUT2D eigenvalue weighted by molar-refractivity contribution is -0.918. The van der Waals surface area contributed by atoms with Crippen molar-refractivity contribution in [2.75, 3.05) is 18.4 Å². The van der Waals surface area contributed by atoms with E-state index in [1.54, 1.807) is 11.0 Å². The number of benzene rings is 1. The first-order valence-electron chi connectivity index (χ1n) is 8.72. The van der Waals surface area contributed by atoms with Crippen LogP contribution in [0.2, 0.25) is 5.02 Å². The van der Waals surface area contributed by atoms with Gasteiger partial charge in [-0.1, -0.05) is 23.7 Å². The Morgan fingerprint density at radius 2 is 1.92 bits per heavy atom. The molecule has 1 amide bonds. The van der Waals surface area contributed by atoms with Crippen LogP contribution in [0.15, 0.2) is 18.2 Å². The van der Waals surface area contributed by atoms with E-state index in [9.17, 15) is 4.79 Å². The molecule has 3 rings (SSSR count). The number of hydrogen-bond donors (Lipinski definition) is 2. The van der Waals surface area contributed by atoms with Crippen LogP contribution in [-0.4, -0.2) is 31.3 Å². The monoisotopic (exact) mass is 372 g/mol. The van der Waals surface area contributed by atoms with Crippen LogP contribution in [0.5, 0.6) is 0 Å². The fraction of sp³-hybridized carbons (Fsp3) is 0.611. The maximum atomic E-state index is 12.3. The van der Waals surface area contributed by atoms with Crippen molar-refractivity contribution in [1.29, 1.82) is 0 Å². The molecule has 1 aliphatic carbocycles. The normalized spacial score (nSPS) is 24.2. The van der Waals surface area contributed by atoms with E-state index in [2.05, 4.69) is 5.32 Å². The van der Waals surface area contributed by atoms with Crippen LogP contribution in [0.4, 0.5) is 10.5 Å². The summed E-state index contributed by atoms with van der Waals surface area (Å²) < 4.78 is 5.80. The number of quaternary nitrogens is 1. The Balaban J connectivity index is 0.00000208. The first kappa shape index (κ1) is 19.4. The van der Waals surface area contributed by atoms with Gasteiger partial charge in [-0.2, -0.15) is 0 Å². The first-order chi connectivity index (χ1) is 11.1. The largest absolute Gasteiger partial charge is 1.00 e. The second kappa shape index (κ2) is 8.93. The van der Waals surface area contributed by atoms with Crippen molar-refractivity contribution in [3.63, 3.8) is 0 Å². The van der Waals surface area contributed by atoms with Crippen LogP contribution in [-0.2, 0) is 4.74 Å².